The van der Waals surface area contributed by atoms with Gasteiger partial charge in [-0.3, -0.25) is 0 Å². The molecule has 2 fully saturated rings. The van der Waals surface area contributed by atoms with Gasteiger partial charge < -0.3 is 10.2 Å². The summed E-state index contributed by atoms with van der Waals surface area (Å²) in [7, 11) is 0. The Kier molecular flexibility index (Phi) is 2.88. The number of halogens is 3. The van der Waals surface area contributed by atoms with Crippen LogP contribution in [0.4, 0.5) is 19.0 Å². The maximum absolute atomic E-state index is 12.7. The number of aryl methyl sites for hydroxylation is 1. The fourth-order valence-electron chi connectivity index (χ4n) is 2.88. The lowest BCUT2D eigenvalue weighted by atomic mass is 10.0. The molecule has 7 heteroatoms. The van der Waals surface area contributed by atoms with Crippen LogP contribution >= 0.6 is 0 Å². The summed E-state index contributed by atoms with van der Waals surface area (Å²) in [6.45, 7) is 4.99. The average molecular weight is 272 g/mol. The van der Waals surface area contributed by atoms with Crippen molar-refractivity contribution in [3.8, 4) is 0 Å². The molecule has 1 aromatic rings. The highest BCUT2D eigenvalue weighted by Crippen LogP contribution is 2.32. The van der Waals surface area contributed by atoms with Crippen molar-refractivity contribution in [1.29, 1.82) is 0 Å². The second kappa shape index (κ2) is 4.33. The number of alkyl halides is 3. The first-order valence-corrected chi connectivity index (χ1v) is 6.32. The van der Waals surface area contributed by atoms with E-state index in [9.17, 15) is 13.2 Å². The van der Waals surface area contributed by atoms with Gasteiger partial charge in [0, 0.05) is 37.9 Å². The maximum Gasteiger partial charge on any atom is 0.451 e. The number of hydrogen-bond donors (Lipinski definition) is 1. The predicted octanol–water partition coefficient (Wildman–Crippen LogP) is 1.46. The van der Waals surface area contributed by atoms with Crippen molar-refractivity contribution < 1.29 is 13.2 Å². The lowest BCUT2D eigenvalue weighted by Crippen LogP contribution is -2.27. The Labute approximate surface area is 109 Å². The molecule has 2 atom stereocenters. The van der Waals surface area contributed by atoms with Gasteiger partial charge in [-0.2, -0.15) is 13.2 Å². The van der Waals surface area contributed by atoms with E-state index in [4.69, 9.17) is 0 Å². The van der Waals surface area contributed by atoms with Gasteiger partial charge in [0.15, 0.2) is 0 Å². The molecule has 0 radical (unpaired) electrons. The van der Waals surface area contributed by atoms with Crippen LogP contribution in [-0.2, 0) is 6.18 Å². The second-order valence-corrected chi connectivity index (χ2v) is 5.27. The lowest BCUT2D eigenvalue weighted by Gasteiger charge is -2.20. The number of hydrogen-bond acceptors (Lipinski definition) is 4. The normalized spacial score (nSPS) is 26.8. The Morgan fingerprint density at radius 1 is 1.21 bits per heavy atom. The van der Waals surface area contributed by atoms with Crippen LogP contribution in [0, 0.1) is 18.8 Å². The average Bonchev–Trinajstić information content (AvgIpc) is 2.86. The van der Waals surface area contributed by atoms with E-state index < -0.39 is 12.0 Å². The molecule has 4 nitrogen and oxygen atoms in total. The highest BCUT2D eigenvalue weighted by molar-refractivity contribution is 5.42. The number of rotatable bonds is 1. The SMILES string of the molecule is Cc1cc(N2CC3CNCC3C2)nc(C(F)(F)F)n1. The fraction of sp³-hybridized carbons (Fsp3) is 0.667. The second-order valence-electron chi connectivity index (χ2n) is 5.27. The monoisotopic (exact) mass is 272 g/mol. The van der Waals surface area contributed by atoms with Crippen LogP contribution in [0.25, 0.3) is 0 Å². The van der Waals surface area contributed by atoms with Gasteiger partial charge in [0.25, 0.3) is 0 Å². The highest BCUT2D eigenvalue weighted by Gasteiger charge is 2.39. The number of nitrogens with zero attached hydrogens (tertiary/aromatic N) is 3. The summed E-state index contributed by atoms with van der Waals surface area (Å²) < 4.78 is 38.1. The zero-order chi connectivity index (χ0) is 13.6. The molecule has 1 N–H and O–H groups in total. The standard InChI is InChI=1S/C12H15F3N4/c1-7-2-10(18-11(17-7)12(13,14)15)19-5-8-3-16-4-9(8)6-19/h2,8-9,16H,3-6H2,1H3. The van der Waals surface area contributed by atoms with E-state index in [2.05, 4.69) is 15.3 Å². The Morgan fingerprint density at radius 3 is 2.42 bits per heavy atom. The van der Waals surface area contributed by atoms with E-state index in [-0.39, 0.29) is 0 Å². The minimum absolute atomic E-state index is 0.354. The number of anilines is 1. The van der Waals surface area contributed by atoms with Gasteiger partial charge in [-0.15, -0.1) is 0 Å². The molecule has 2 aliphatic rings. The van der Waals surface area contributed by atoms with Crippen LogP contribution in [0.3, 0.4) is 0 Å². The molecule has 0 saturated carbocycles. The van der Waals surface area contributed by atoms with Gasteiger partial charge in [0.2, 0.25) is 5.82 Å². The van der Waals surface area contributed by atoms with Crippen molar-refractivity contribution >= 4 is 5.82 Å². The molecule has 0 aliphatic carbocycles. The van der Waals surface area contributed by atoms with Gasteiger partial charge in [0.05, 0.1) is 0 Å². The fourth-order valence-corrected chi connectivity index (χ4v) is 2.88. The van der Waals surface area contributed by atoms with Crippen LogP contribution in [-0.4, -0.2) is 36.1 Å². The topological polar surface area (TPSA) is 41.0 Å². The van der Waals surface area contributed by atoms with Crippen molar-refractivity contribution in [3.63, 3.8) is 0 Å². The smallest absolute Gasteiger partial charge is 0.356 e. The lowest BCUT2D eigenvalue weighted by molar-refractivity contribution is -0.145. The largest absolute Gasteiger partial charge is 0.451 e. The quantitative estimate of drug-likeness (QED) is 0.840. The minimum Gasteiger partial charge on any atom is -0.356 e. The van der Waals surface area contributed by atoms with Crippen molar-refractivity contribution in [2.45, 2.75) is 13.1 Å². The van der Waals surface area contributed by atoms with Crippen LogP contribution in [0.2, 0.25) is 0 Å². The third-order valence-electron chi connectivity index (χ3n) is 3.81. The molecular formula is C12H15F3N4. The van der Waals surface area contributed by atoms with Gasteiger partial charge in [-0.05, 0) is 18.8 Å². The molecule has 2 unspecified atom stereocenters. The summed E-state index contributed by atoms with van der Waals surface area (Å²) in [5.74, 6) is 0.390. The molecule has 1 aromatic heterocycles. The molecule has 2 aliphatic heterocycles. The van der Waals surface area contributed by atoms with Crippen LogP contribution in [0.1, 0.15) is 11.5 Å². The molecule has 3 rings (SSSR count). The van der Waals surface area contributed by atoms with Crippen LogP contribution in [0.5, 0.6) is 0 Å². The van der Waals surface area contributed by atoms with Crippen molar-refractivity contribution in [2.24, 2.45) is 11.8 Å². The van der Waals surface area contributed by atoms with E-state index in [0.29, 0.717) is 23.3 Å². The third-order valence-corrected chi connectivity index (χ3v) is 3.81. The van der Waals surface area contributed by atoms with Gasteiger partial charge in [0.1, 0.15) is 5.82 Å². The number of fused-ring (bicyclic) bond motifs is 1. The predicted molar refractivity (Wildman–Crippen MR) is 63.8 cm³/mol. The first-order valence-electron chi connectivity index (χ1n) is 6.32. The molecule has 3 heterocycles. The van der Waals surface area contributed by atoms with Gasteiger partial charge in [-0.25, -0.2) is 9.97 Å². The maximum atomic E-state index is 12.7. The van der Waals surface area contributed by atoms with E-state index >= 15 is 0 Å². The summed E-state index contributed by atoms with van der Waals surface area (Å²) in [4.78, 5) is 9.10. The van der Waals surface area contributed by atoms with E-state index in [0.717, 1.165) is 26.2 Å². The minimum atomic E-state index is -4.49. The van der Waals surface area contributed by atoms with Crippen LogP contribution in [0.15, 0.2) is 6.07 Å². The Balaban J connectivity index is 1.87. The first-order chi connectivity index (χ1) is 8.93. The Hall–Kier alpha value is -1.37. The Bertz CT molecular complexity index is 476. The first kappa shape index (κ1) is 12.7. The molecule has 0 aromatic carbocycles. The van der Waals surface area contributed by atoms with Crippen molar-refractivity contribution in [3.05, 3.63) is 17.6 Å². The van der Waals surface area contributed by atoms with Crippen LogP contribution < -0.4 is 10.2 Å². The number of nitrogens with one attached hydrogen (secondary N) is 1. The molecule has 19 heavy (non-hydrogen) atoms. The summed E-state index contributed by atoms with van der Waals surface area (Å²) in [5, 5.41) is 3.30. The van der Waals surface area contributed by atoms with Gasteiger partial charge in [-0.1, -0.05) is 0 Å². The van der Waals surface area contributed by atoms with Crippen molar-refractivity contribution in [1.82, 2.24) is 15.3 Å². The highest BCUT2D eigenvalue weighted by atomic mass is 19.4. The van der Waals surface area contributed by atoms with Crippen molar-refractivity contribution in [2.75, 3.05) is 31.1 Å². The molecule has 0 amide bonds. The van der Waals surface area contributed by atoms with Gasteiger partial charge >= 0.3 is 6.18 Å². The summed E-state index contributed by atoms with van der Waals surface area (Å²) in [6.07, 6.45) is -4.49. The molecule has 104 valence electrons. The summed E-state index contributed by atoms with van der Waals surface area (Å²) in [6, 6.07) is 1.63. The van der Waals surface area contributed by atoms with E-state index in [1.54, 1.807) is 13.0 Å². The third kappa shape index (κ3) is 2.39. The van der Waals surface area contributed by atoms with E-state index in [1.807, 2.05) is 4.90 Å². The molecular weight excluding hydrogens is 257 g/mol. The summed E-state index contributed by atoms with van der Waals surface area (Å²) in [5.41, 5.74) is 0.354. The van der Waals surface area contributed by atoms with E-state index in [1.165, 1.54) is 0 Å². The molecule has 0 spiro atoms. The Morgan fingerprint density at radius 2 is 1.84 bits per heavy atom. The molecule has 0 bridgehead atoms. The summed E-state index contributed by atoms with van der Waals surface area (Å²) >= 11 is 0. The zero-order valence-electron chi connectivity index (χ0n) is 10.5. The number of aromatic nitrogens is 2. The zero-order valence-corrected chi connectivity index (χ0v) is 10.5. The molecule has 2 saturated heterocycles.